The lowest BCUT2D eigenvalue weighted by Crippen LogP contribution is -2.31. The quantitative estimate of drug-likeness (QED) is 0.807. The highest BCUT2D eigenvalue weighted by atomic mass is 16.5. The molecule has 2 aliphatic heterocycles. The standard InChI is InChI=1S/C11H16N4O2/c16-10(14-3-1-2-4-14)5-15-7-12-11-9(15)6-17-8-13-11/h7,13H,1-6,8H2. The molecule has 1 aromatic rings. The number of nitrogens with zero attached hydrogens (tertiary/aromatic N) is 3. The molecule has 17 heavy (non-hydrogen) atoms. The SMILES string of the molecule is O=C(Cn1cnc2c1COCN2)N1CCCC1. The fraction of sp³-hybridized carbons (Fsp3) is 0.636. The number of hydrogen-bond acceptors (Lipinski definition) is 4. The Balaban J connectivity index is 1.72. The van der Waals surface area contributed by atoms with Crippen LogP contribution in [-0.2, 0) is 22.7 Å². The molecule has 92 valence electrons. The van der Waals surface area contributed by atoms with Crippen molar-refractivity contribution in [1.29, 1.82) is 0 Å². The third-order valence-corrected chi connectivity index (χ3v) is 3.29. The van der Waals surface area contributed by atoms with Gasteiger partial charge in [0.05, 0.1) is 18.6 Å². The molecule has 6 heteroatoms. The highest BCUT2D eigenvalue weighted by molar-refractivity contribution is 5.76. The average molecular weight is 236 g/mol. The monoisotopic (exact) mass is 236 g/mol. The molecular weight excluding hydrogens is 220 g/mol. The van der Waals surface area contributed by atoms with Gasteiger partial charge in [-0.25, -0.2) is 4.98 Å². The number of anilines is 1. The van der Waals surface area contributed by atoms with E-state index in [0.717, 1.165) is 37.4 Å². The number of rotatable bonds is 2. The minimum Gasteiger partial charge on any atom is -0.355 e. The Morgan fingerprint density at radius 2 is 2.29 bits per heavy atom. The highest BCUT2D eigenvalue weighted by Gasteiger charge is 2.21. The van der Waals surface area contributed by atoms with Gasteiger partial charge in [0, 0.05) is 13.1 Å². The zero-order chi connectivity index (χ0) is 11.7. The molecule has 0 aliphatic carbocycles. The van der Waals surface area contributed by atoms with Gasteiger partial charge >= 0.3 is 0 Å². The summed E-state index contributed by atoms with van der Waals surface area (Å²) in [7, 11) is 0. The van der Waals surface area contributed by atoms with Crippen LogP contribution in [0.3, 0.4) is 0 Å². The van der Waals surface area contributed by atoms with Gasteiger partial charge < -0.3 is 19.5 Å². The van der Waals surface area contributed by atoms with Gasteiger partial charge in [-0.1, -0.05) is 0 Å². The number of amides is 1. The number of imidazole rings is 1. The van der Waals surface area contributed by atoms with Crippen LogP contribution < -0.4 is 5.32 Å². The fourth-order valence-electron chi connectivity index (χ4n) is 2.32. The summed E-state index contributed by atoms with van der Waals surface area (Å²) >= 11 is 0. The van der Waals surface area contributed by atoms with Crippen molar-refractivity contribution in [3.63, 3.8) is 0 Å². The zero-order valence-electron chi connectivity index (χ0n) is 9.69. The van der Waals surface area contributed by atoms with Crippen LogP contribution in [-0.4, -0.2) is 40.2 Å². The summed E-state index contributed by atoms with van der Waals surface area (Å²) in [5, 5.41) is 3.05. The number of nitrogens with one attached hydrogen (secondary N) is 1. The lowest BCUT2D eigenvalue weighted by atomic mass is 10.4. The Morgan fingerprint density at radius 3 is 3.12 bits per heavy atom. The molecule has 1 aromatic heterocycles. The molecule has 6 nitrogen and oxygen atoms in total. The predicted molar refractivity (Wildman–Crippen MR) is 61.3 cm³/mol. The number of hydrogen-bond donors (Lipinski definition) is 1. The van der Waals surface area contributed by atoms with Crippen molar-refractivity contribution in [2.45, 2.75) is 26.0 Å². The molecule has 1 fully saturated rings. The molecule has 3 heterocycles. The Hall–Kier alpha value is -1.56. The van der Waals surface area contributed by atoms with E-state index in [9.17, 15) is 4.79 Å². The summed E-state index contributed by atoms with van der Waals surface area (Å²) < 4.78 is 7.18. The van der Waals surface area contributed by atoms with Crippen LogP contribution in [0, 0.1) is 0 Å². The highest BCUT2D eigenvalue weighted by Crippen LogP contribution is 2.19. The minimum absolute atomic E-state index is 0.174. The van der Waals surface area contributed by atoms with Crippen molar-refractivity contribution in [1.82, 2.24) is 14.5 Å². The Kier molecular flexibility index (Phi) is 2.72. The van der Waals surface area contributed by atoms with Crippen LogP contribution in [0.2, 0.25) is 0 Å². The second kappa shape index (κ2) is 4.37. The van der Waals surface area contributed by atoms with E-state index < -0.39 is 0 Å². The Labute approximate surface area is 99.6 Å². The van der Waals surface area contributed by atoms with Crippen molar-refractivity contribution < 1.29 is 9.53 Å². The van der Waals surface area contributed by atoms with Gasteiger partial charge in [0.15, 0.2) is 5.82 Å². The number of aromatic nitrogens is 2. The normalized spacial score (nSPS) is 18.9. The summed E-state index contributed by atoms with van der Waals surface area (Å²) in [4.78, 5) is 18.2. The van der Waals surface area contributed by atoms with E-state index >= 15 is 0 Å². The number of carbonyl (C=O) groups excluding carboxylic acids is 1. The Morgan fingerprint density at radius 1 is 1.47 bits per heavy atom. The third kappa shape index (κ3) is 2.00. The molecule has 0 aromatic carbocycles. The zero-order valence-corrected chi connectivity index (χ0v) is 9.69. The summed E-state index contributed by atoms with van der Waals surface area (Å²) in [5.74, 6) is 1.01. The van der Waals surface area contributed by atoms with Crippen molar-refractivity contribution >= 4 is 11.7 Å². The topological polar surface area (TPSA) is 59.4 Å². The maximum atomic E-state index is 12.0. The van der Waals surface area contributed by atoms with Crippen LogP contribution in [0.4, 0.5) is 5.82 Å². The first kappa shape index (κ1) is 10.6. The molecule has 0 saturated carbocycles. The van der Waals surface area contributed by atoms with Crippen molar-refractivity contribution in [3.8, 4) is 0 Å². The summed E-state index contributed by atoms with van der Waals surface area (Å²) in [6.07, 6.45) is 3.96. The summed E-state index contributed by atoms with van der Waals surface area (Å²) in [6.45, 7) is 3.17. The third-order valence-electron chi connectivity index (χ3n) is 3.29. The predicted octanol–water partition coefficient (Wildman–Crippen LogP) is 0.405. The van der Waals surface area contributed by atoms with Crippen molar-refractivity contribution in [3.05, 3.63) is 12.0 Å². The molecule has 0 atom stereocenters. The molecule has 1 N–H and O–H groups in total. The molecule has 0 radical (unpaired) electrons. The Bertz CT molecular complexity index is 423. The number of carbonyl (C=O) groups is 1. The van der Waals surface area contributed by atoms with E-state index in [0.29, 0.717) is 19.9 Å². The van der Waals surface area contributed by atoms with Gasteiger partial charge in [-0.15, -0.1) is 0 Å². The van der Waals surface area contributed by atoms with E-state index in [2.05, 4.69) is 10.3 Å². The fourth-order valence-corrected chi connectivity index (χ4v) is 2.32. The first-order valence-corrected chi connectivity index (χ1v) is 5.98. The number of likely N-dealkylation sites (tertiary alicyclic amines) is 1. The average Bonchev–Trinajstić information content (AvgIpc) is 2.98. The van der Waals surface area contributed by atoms with E-state index in [4.69, 9.17) is 4.74 Å². The lowest BCUT2D eigenvalue weighted by Gasteiger charge is -2.18. The maximum absolute atomic E-state index is 12.0. The van der Waals surface area contributed by atoms with Crippen molar-refractivity contribution in [2.24, 2.45) is 0 Å². The summed E-state index contributed by atoms with van der Waals surface area (Å²) in [6, 6.07) is 0. The lowest BCUT2D eigenvalue weighted by molar-refractivity contribution is -0.130. The van der Waals surface area contributed by atoms with Crippen LogP contribution in [0.1, 0.15) is 18.5 Å². The number of ether oxygens (including phenoxy) is 1. The van der Waals surface area contributed by atoms with E-state index in [1.807, 2.05) is 9.47 Å². The van der Waals surface area contributed by atoms with Crippen LogP contribution >= 0.6 is 0 Å². The van der Waals surface area contributed by atoms with Gasteiger partial charge in [-0.2, -0.15) is 0 Å². The number of fused-ring (bicyclic) bond motifs is 1. The van der Waals surface area contributed by atoms with Gasteiger partial charge in [-0.3, -0.25) is 4.79 Å². The maximum Gasteiger partial charge on any atom is 0.242 e. The van der Waals surface area contributed by atoms with Gasteiger partial charge in [0.1, 0.15) is 13.3 Å². The van der Waals surface area contributed by atoms with E-state index in [1.54, 1.807) is 6.33 Å². The molecule has 1 amide bonds. The van der Waals surface area contributed by atoms with E-state index in [1.165, 1.54) is 0 Å². The second-order valence-electron chi connectivity index (χ2n) is 4.43. The smallest absolute Gasteiger partial charge is 0.242 e. The van der Waals surface area contributed by atoms with Crippen LogP contribution in [0.5, 0.6) is 0 Å². The first-order chi connectivity index (χ1) is 8.34. The molecule has 0 bridgehead atoms. The molecule has 3 rings (SSSR count). The summed E-state index contributed by atoms with van der Waals surface area (Å²) in [5.41, 5.74) is 0.962. The van der Waals surface area contributed by atoms with E-state index in [-0.39, 0.29) is 5.91 Å². The van der Waals surface area contributed by atoms with Gasteiger partial charge in [-0.05, 0) is 12.8 Å². The molecule has 2 aliphatic rings. The first-order valence-electron chi connectivity index (χ1n) is 5.98. The second-order valence-corrected chi connectivity index (χ2v) is 4.43. The molecular formula is C11H16N4O2. The van der Waals surface area contributed by atoms with Crippen molar-refractivity contribution in [2.75, 3.05) is 25.1 Å². The van der Waals surface area contributed by atoms with Gasteiger partial charge in [0.2, 0.25) is 5.91 Å². The minimum atomic E-state index is 0.174. The van der Waals surface area contributed by atoms with Crippen LogP contribution in [0.15, 0.2) is 6.33 Å². The van der Waals surface area contributed by atoms with Crippen LogP contribution in [0.25, 0.3) is 0 Å². The molecule has 1 saturated heterocycles. The molecule has 0 spiro atoms. The largest absolute Gasteiger partial charge is 0.355 e. The van der Waals surface area contributed by atoms with Gasteiger partial charge in [0.25, 0.3) is 0 Å². The molecule has 0 unspecified atom stereocenters.